The first-order valence-electron chi connectivity index (χ1n) is 6.99. The summed E-state index contributed by atoms with van der Waals surface area (Å²) < 4.78 is 28.2. The number of hydrogen-bond donors (Lipinski definition) is 0. The molecule has 1 saturated heterocycles. The summed E-state index contributed by atoms with van der Waals surface area (Å²) in [6.07, 6.45) is -1.66. The third-order valence-corrected chi connectivity index (χ3v) is 3.91. The molecule has 118 valence electrons. The monoisotopic (exact) mass is 296 g/mol. The van der Waals surface area contributed by atoms with Gasteiger partial charge < -0.3 is 23.7 Å². The zero-order chi connectivity index (χ0) is 15.4. The lowest BCUT2D eigenvalue weighted by Gasteiger charge is -2.44. The van der Waals surface area contributed by atoms with Gasteiger partial charge in [-0.2, -0.15) is 0 Å². The Morgan fingerprint density at radius 1 is 0.857 bits per heavy atom. The van der Waals surface area contributed by atoms with E-state index in [1.54, 1.807) is 28.4 Å². The minimum atomic E-state index is -0.503. The van der Waals surface area contributed by atoms with E-state index in [0.717, 1.165) is 5.56 Å². The lowest BCUT2D eigenvalue weighted by Crippen LogP contribution is -2.56. The topological polar surface area (TPSA) is 46.2 Å². The maximum Gasteiger partial charge on any atom is 0.186 e. The summed E-state index contributed by atoms with van der Waals surface area (Å²) in [6.45, 7) is 2.05. The summed E-state index contributed by atoms with van der Waals surface area (Å²) in [6, 6.07) is 8.17. The molecule has 0 aliphatic carbocycles. The molecule has 0 aromatic heterocycles. The summed E-state index contributed by atoms with van der Waals surface area (Å²) in [5.41, 5.74) is 2.21. The molecule has 5 nitrogen and oxygen atoms in total. The average Bonchev–Trinajstić information content (AvgIpc) is 2.52. The van der Waals surface area contributed by atoms with Crippen molar-refractivity contribution in [1.82, 2.24) is 0 Å². The van der Waals surface area contributed by atoms with Crippen LogP contribution in [0, 0.1) is 6.92 Å². The molecule has 0 radical (unpaired) electrons. The van der Waals surface area contributed by atoms with E-state index in [0.29, 0.717) is 0 Å². The average molecular weight is 296 g/mol. The molecule has 0 N–H and O–H groups in total. The Labute approximate surface area is 126 Å². The Morgan fingerprint density at radius 2 is 1.52 bits per heavy atom. The normalized spacial score (nSPS) is 33.1. The molecule has 0 unspecified atom stereocenters. The van der Waals surface area contributed by atoms with E-state index in [9.17, 15) is 0 Å². The molecule has 21 heavy (non-hydrogen) atoms. The number of rotatable bonds is 5. The molecule has 1 aliphatic rings. The second kappa shape index (κ2) is 7.33. The number of hydrogen-bond acceptors (Lipinski definition) is 5. The zero-order valence-electron chi connectivity index (χ0n) is 13.2. The first-order chi connectivity index (χ1) is 10.2. The van der Waals surface area contributed by atoms with Gasteiger partial charge in [-0.3, -0.25) is 0 Å². The van der Waals surface area contributed by atoms with Crippen molar-refractivity contribution in [2.75, 3.05) is 28.4 Å². The maximum absolute atomic E-state index is 6.06. The minimum Gasteiger partial charge on any atom is -0.376 e. The van der Waals surface area contributed by atoms with Gasteiger partial charge in [0.1, 0.15) is 24.4 Å². The van der Waals surface area contributed by atoms with E-state index in [-0.39, 0.29) is 24.4 Å². The summed E-state index contributed by atoms with van der Waals surface area (Å²) in [7, 11) is 6.52. The molecule has 0 spiro atoms. The van der Waals surface area contributed by atoms with Gasteiger partial charge in [-0.15, -0.1) is 0 Å². The van der Waals surface area contributed by atoms with Crippen LogP contribution in [0.2, 0.25) is 0 Å². The third-order valence-electron chi connectivity index (χ3n) is 3.91. The van der Waals surface area contributed by atoms with Crippen LogP contribution in [0.15, 0.2) is 24.3 Å². The van der Waals surface area contributed by atoms with Crippen molar-refractivity contribution in [3.63, 3.8) is 0 Å². The quantitative estimate of drug-likeness (QED) is 0.832. The van der Waals surface area contributed by atoms with Crippen LogP contribution in [0.5, 0.6) is 0 Å². The van der Waals surface area contributed by atoms with Crippen LogP contribution in [0.3, 0.4) is 0 Å². The second-order valence-electron chi connectivity index (χ2n) is 5.18. The number of ether oxygens (including phenoxy) is 5. The maximum atomic E-state index is 6.06. The van der Waals surface area contributed by atoms with E-state index in [1.165, 1.54) is 5.56 Å². The van der Waals surface area contributed by atoms with Gasteiger partial charge in [0.25, 0.3) is 0 Å². The van der Waals surface area contributed by atoms with E-state index in [1.807, 2.05) is 25.1 Å². The highest BCUT2D eigenvalue weighted by Crippen LogP contribution is 2.36. The molecule has 5 atom stereocenters. The van der Waals surface area contributed by atoms with Gasteiger partial charge in [-0.25, -0.2) is 0 Å². The molecule has 0 amide bonds. The molecule has 1 aromatic rings. The van der Waals surface area contributed by atoms with E-state index >= 15 is 0 Å². The van der Waals surface area contributed by atoms with Gasteiger partial charge in [0, 0.05) is 28.4 Å². The van der Waals surface area contributed by atoms with Crippen molar-refractivity contribution in [1.29, 1.82) is 0 Å². The van der Waals surface area contributed by atoms with Crippen LogP contribution in [0.25, 0.3) is 0 Å². The van der Waals surface area contributed by atoms with Crippen LogP contribution in [0.1, 0.15) is 17.2 Å². The van der Waals surface area contributed by atoms with Crippen molar-refractivity contribution in [2.24, 2.45) is 0 Å². The smallest absolute Gasteiger partial charge is 0.186 e. The highest BCUT2D eigenvalue weighted by molar-refractivity contribution is 5.26. The third kappa shape index (κ3) is 3.27. The predicted molar refractivity (Wildman–Crippen MR) is 78.2 cm³/mol. The second-order valence-corrected chi connectivity index (χ2v) is 5.18. The van der Waals surface area contributed by atoms with Gasteiger partial charge in [0.2, 0.25) is 0 Å². The largest absolute Gasteiger partial charge is 0.376 e. The highest BCUT2D eigenvalue weighted by atomic mass is 16.7. The summed E-state index contributed by atoms with van der Waals surface area (Å²) >= 11 is 0. The Hall–Kier alpha value is -0.980. The van der Waals surface area contributed by atoms with Gasteiger partial charge in [0.05, 0.1) is 0 Å². The van der Waals surface area contributed by atoms with Gasteiger partial charge >= 0.3 is 0 Å². The molecular formula is C16H24O5. The minimum absolute atomic E-state index is 0.267. The van der Waals surface area contributed by atoms with Crippen molar-refractivity contribution in [3.8, 4) is 0 Å². The summed E-state index contributed by atoms with van der Waals surface area (Å²) in [5, 5.41) is 0. The van der Waals surface area contributed by atoms with Crippen LogP contribution in [-0.4, -0.2) is 53.0 Å². The van der Waals surface area contributed by atoms with Gasteiger partial charge in [0.15, 0.2) is 6.29 Å². The van der Waals surface area contributed by atoms with E-state index in [4.69, 9.17) is 23.7 Å². The van der Waals surface area contributed by atoms with Crippen LogP contribution >= 0.6 is 0 Å². The molecule has 0 saturated carbocycles. The molecule has 0 bridgehead atoms. The van der Waals surface area contributed by atoms with Crippen LogP contribution < -0.4 is 0 Å². The Kier molecular flexibility index (Phi) is 5.72. The molecule has 1 aliphatic heterocycles. The molecule has 2 rings (SSSR count). The van der Waals surface area contributed by atoms with E-state index < -0.39 is 6.29 Å². The van der Waals surface area contributed by atoms with Crippen molar-refractivity contribution < 1.29 is 23.7 Å². The fraction of sp³-hybridized carbons (Fsp3) is 0.625. The van der Waals surface area contributed by atoms with Crippen LogP contribution in [-0.2, 0) is 23.7 Å². The first kappa shape index (κ1) is 16.4. The fourth-order valence-electron chi connectivity index (χ4n) is 2.89. The summed E-state index contributed by atoms with van der Waals surface area (Å²) in [4.78, 5) is 0. The number of benzene rings is 1. The van der Waals surface area contributed by atoms with Crippen molar-refractivity contribution >= 4 is 0 Å². The molecule has 1 aromatic carbocycles. The lowest BCUT2D eigenvalue weighted by molar-refractivity contribution is -0.305. The predicted octanol–water partition coefficient (Wildman–Crippen LogP) is 2.08. The van der Waals surface area contributed by atoms with Crippen molar-refractivity contribution in [3.05, 3.63) is 35.4 Å². The van der Waals surface area contributed by atoms with Gasteiger partial charge in [-0.1, -0.05) is 29.8 Å². The van der Waals surface area contributed by atoms with Crippen molar-refractivity contribution in [2.45, 2.75) is 37.6 Å². The van der Waals surface area contributed by atoms with Gasteiger partial charge in [-0.05, 0) is 12.5 Å². The SMILES string of the molecule is CO[C@H]1O[C@H](c2cccc(C)c2)[C@@H](OC)[C@H](OC)[C@H]1OC. The standard InChI is InChI=1S/C16H24O5/c1-10-7-6-8-11(9-10)12-13(17-2)14(18-3)15(19-4)16(20-5)21-12/h6-9,12-16H,1-5H3/t12-,13-,14+,15-,16+/m1/s1. The Balaban J connectivity index is 2.35. The Bertz CT molecular complexity index is 450. The molecule has 1 fully saturated rings. The fourth-order valence-corrected chi connectivity index (χ4v) is 2.89. The molecular weight excluding hydrogens is 272 g/mol. The number of methoxy groups -OCH3 is 4. The lowest BCUT2D eigenvalue weighted by atomic mass is 9.92. The Morgan fingerprint density at radius 3 is 2.05 bits per heavy atom. The summed E-state index contributed by atoms with van der Waals surface area (Å²) in [5.74, 6) is 0. The first-order valence-corrected chi connectivity index (χ1v) is 6.99. The zero-order valence-corrected chi connectivity index (χ0v) is 13.2. The van der Waals surface area contributed by atoms with E-state index in [2.05, 4.69) is 6.07 Å². The highest BCUT2D eigenvalue weighted by Gasteiger charge is 2.47. The van der Waals surface area contributed by atoms with Crippen LogP contribution in [0.4, 0.5) is 0 Å². The molecule has 5 heteroatoms. The number of aryl methyl sites for hydroxylation is 1. The molecule has 1 heterocycles.